The van der Waals surface area contributed by atoms with Gasteiger partial charge < -0.3 is 20.1 Å². The average Bonchev–Trinajstić information content (AvgIpc) is 2.69. The number of ether oxygens (including phenoxy) is 1. The molecule has 0 bridgehead atoms. The summed E-state index contributed by atoms with van der Waals surface area (Å²) in [7, 11) is 0. The minimum atomic E-state index is -0.00177. The van der Waals surface area contributed by atoms with Crippen LogP contribution in [0, 0.1) is 0 Å². The van der Waals surface area contributed by atoms with E-state index in [-0.39, 0.29) is 19.1 Å². The van der Waals surface area contributed by atoms with Crippen molar-refractivity contribution in [3.8, 4) is 5.75 Å². The van der Waals surface area contributed by atoms with Gasteiger partial charge in [-0.1, -0.05) is 23.7 Å². The molecule has 2 aromatic carbocycles. The number of nitrogens with one attached hydrogen (secondary N) is 1. The van der Waals surface area contributed by atoms with Crippen molar-refractivity contribution in [2.75, 3.05) is 25.0 Å². The van der Waals surface area contributed by atoms with Crippen LogP contribution < -0.4 is 10.1 Å². The summed E-state index contributed by atoms with van der Waals surface area (Å²) in [5.41, 5.74) is 1.87. The Morgan fingerprint density at radius 2 is 1.77 bits per heavy atom. The number of carbonyl (C=O) groups is 1. The van der Waals surface area contributed by atoms with Crippen molar-refractivity contribution < 1.29 is 14.6 Å². The summed E-state index contributed by atoms with van der Waals surface area (Å²) in [6, 6.07) is 15.1. The topological polar surface area (TPSA) is 61.8 Å². The lowest BCUT2D eigenvalue weighted by atomic mass is 10.0. The molecule has 0 saturated carbocycles. The van der Waals surface area contributed by atoms with E-state index in [0.717, 1.165) is 42.2 Å². The minimum Gasteiger partial charge on any atom is -0.484 e. The predicted octanol–water partition coefficient (Wildman–Crippen LogP) is 3.31. The number of anilines is 1. The fourth-order valence-corrected chi connectivity index (χ4v) is 3.11. The standard InChI is InChI=1S/C20H23ClN2O3/c21-16-3-5-17(6-4-16)22-18-9-11-23(12-10-18)20(25)14-26-19-7-1-15(13-24)2-8-19/h1-8,18,22,24H,9-14H2. The van der Waals surface area contributed by atoms with Crippen LogP contribution >= 0.6 is 11.6 Å². The van der Waals surface area contributed by atoms with Crippen molar-refractivity contribution >= 4 is 23.2 Å². The first-order valence-corrected chi connectivity index (χ1v) is 9.14. The molecule has 2 N–H and O–H groups in total. The van der Waals surface area contributed by atoms with Crippen molar-refractivity contribution in [3.05, 3.63) is 59.1 Å². The van der Waals surface area contributed by atoms with Crippen LogP contribution in [0.4, 0.5) is 5.69 Å². The number of aliphatic hydroxyl groups excluding tert-OH is 1. The molecule has 3 rings (SSSR count). The number of nitrogens with zero attached hydrogens (tertiary/aromatic N) is 1. The quantitative estimate of drug-likeness (QED) is 0.814. The van der Waals surface area contributed by atoms with E-state index in [1.807, 2.05) is 29.2 Å². The first-order valence-electron chi connectivity index (χ1n) is 8.76. The highest BCUT2D eigenvalue weighted by Gasteiger charge is 2.23. The van der Waals surface area contributed by atoms with Gasteiger partial charge in [0.25, 0.3) is 5.91 Å². The second-order valence-corrected chi connectivity index (χ2v) is 6.83. The molecule has 0 spiro atoms. The SMILES string of the molecule is O=C(COc1ccc(CO)cc1)N1CCC(Nc2ccc(Cl)cc2)CC1. The Balaban J connectivity index is 1.42. The number of likely N-dealkylation sites (tertiary alicyclic amines) is 1. The molecule has 0 unspecified atom stereocenters. The molecule has 5 nitrogen and oxygen atoms in total. The van der Waals surface area contributed by atoms with Gasteiger partial charge in [-0.2, -0.15) is 0 Å². The number of aliphatic hydroxyl groups is 1. The van der Waals surface area contributed by atoms with E-state index < -0.39 is 0 Å². The van der Waals surface area contributed by atoms with Crippen LogP contribution in [0.1, 0.15) is 18.4 Å². The fourth-order valence-electron chi connectivity index (χ4n) is 2.98. The van der Waals surface area contributed by atoms with E-state index in [1.165, 1.54) is 0 Å². The summed E-state index contributed by atoms with van der Waals surface area (Å²) in [5.74, 6) is 0.635. The molecular weight excluding hydrogens is 352 g/mol. The summed E-state index contributed by atoms with van der Waals surface area (Å²) in [4.78, 5) is 14.2. The van der Waals surface area contributed by atoms with Gasteiger partial charge in [-0.25, -0.2) is 0 Å². The van der Waals surface area contributed by atoms with E-state index >= 15 is 0 Å². The normalized spacial score (nSPS) is 14.9. The Labute approximate surface area is 158 Å². The van der Waals surface area contributed by atoms with E-state index in [4.69, 9.17) is 21.4 Å². The number of hydrogen-bond acceptors (Lipinski definition) is 4. The molecule has 138 valence electrons. The van der Waals surface area contributed by atoms with Gasteiger partial charge in [0.2, 0.25) is 0 Å². The molecule has 1 aliphatic heterocycles. The van der Waals surface area contributed by atoms with Crippen molar-refractivity contribution in [2.45, 2.75) is 25.5 Å². The smallest absolute Gasteiger partial charge is 0.260 e. The molecule has 0 aliphatic carbocycles. The summed E-state index contributed by atoms with van der Waals surface area (Å²) in [6.07, 6.45) is 1.80. The molecule has 0 atom stereocenters. The van der Waals surface area contributed by atoms with Crippen LogP contribution in [-0.4, -0.2) is 41.7 Å². The van der Waals surface area contributed by atoms with Gasteiger partial charge >= 0.3 is 0 Å². The lowest BCUT2D eigenvalue weighted by Crippen LogP contribution is -2.44. The lowest BCUT2D eigenvalue weighted by molar-refractivity contribution is -0.134. The molecule has 0 aromatic heterocycles. The zero-order valence-corrected chi connectivity index (χ0v) is 15.3. The van der Waals surface area contributed by atoms with Crippen molar-refractivity contribution in [3.63, 3.8) is 0 Å². The zero-order valence-electron chi connectivity index (χ0n) is 14.5. The maximum atomic E-state index is 12.3. The van der Waals surface area contributed by atoms with Gasteiger partial charge in [-0.05, 0) is 54.8 Å². The van der Waals surface area contributed by atoms with Crippen LogP contribution in [0.25, 0.3) is 0 Å². The highest BCUT2D eigenvalue weighted by atomic mass is 35.5. The predicted molar refractivity (Wildman–Crippen MR) is 103 cm³/mol. The largest absolute Gasteiger partial charge is 0.484 e. The van der Waals surface area contributed by atoms with Crippen molar-refractivity contribution in [1.29, 1.82) is 0 Å². The summed E-state index contributed by atoms with van der Waals surface area (Å²) in [5, 5.41) is 13.2. The Morgan fingerprint density at radius 3 is 2.38 bits per heavy atom. The van der Waals surface area contributed by atoms with Gasteiger partial charge in [0.05, 0.1) is 6.61 Å². The van der Waals surface area contributed by atoms with Crippen LogP contribution in [0.15, 0.2) is 48.5 Å². The van der Waals surface area contributed by atoms with E-state index in [1.54, 1.807) is 24.3 Å². The third kappa shape index (κ3) is 5.13. The highest BCUT2D eigenvalue weighted by molar-refractivity contribution is 6.30. The maximum Gasteiger partial charge on any atom is 0.260 e. The first-order chi connectivity index (χ1) is 12.6. The lowest BCUT2D eigenvalue weighted by Gasteiger charge is -2.32. The summed E-state index contributed by atoms with van der Waals surface area (Å²) < 4.78 is 5.55. The number of benzene rings is 2. The molecule has 1 amide bonds. The van der Waals surface area contributed by atoms with E-state index in [9.17, 15) is 4.79 Å². The summed E-state index contributed by atoms with van der Waals surface area (Å²) in [6.45, 7) is 1.47. The number of rotatable bonds is 6. The summed E-state index contributed by atoms with van der Waals surface area (Å²) >= 11 is 5.90. The van der Waals surface area contributed by atoms with Crippen LogP contribution in [0.5, 0.6) is 5.75 Å². The van der Waals surface area contributed by atoms with Crippen LogP contribution in [0.3, 0.4) is 0 Å². The van der Waals surface area contributed by atoms with Crippen molar-refractivity contribution in [1.82, 2.24) is 4.90 Å². The molecule has 0 radical (unpaired) electrons. The highest BCUT2D eigenvalue weighted by Crippen LogP contribution is 2.19. The number of amides is 1. The minimum absolute atomic E-state index is 0.00109. The molecule has 26 heavy (non-hydrogen) atoms. The van der Waals surface area contributed by atoms with Gasteiger partial charge in [-0.3, -0.25) is 4.79 Å². The van der Waals surface area contributed by atoms with Gasteiger partial charge in [0.15, 0.2) is 6.61 Å². The molecule has 1 fully saturated rings. The maximum absolute atomic E-state index is 12.3. The monoisotopic (exact) mass is 374 g/mol. The molecule has 1 aliphatic rings. The van der Waals surface area contributed by atoms with E-state index in [0.29, 0.717) is 11.8 Å². The number of carbonyl (C=O) groups excluding carboxylic acids is 1. The Morgan fingerprint density at radius 1 is 1.12 bits per heavy atom. The van der Waals surface area contributed by atoms with Gasteiger partial charge in [0.1, 0.15) is 5.75 Å². The average molecular weight is 375 g/mol. The van der Waals surface area contributed by atoms with Gasteiger partial charge in [-0.15, -0.1) is 0 Å². The van der Waals surface area contributed by atoms with Crippen LogP contribution in [0.2, 0.25) is 5.02 Å². The number of piperidine rings is 1. The fraction of sp³-hybridized carbons (Fsp3) is 0.350. The Hall–Kier alpha value is -2.24. The number of hydrogen-bond donors (Lipinski definition) is 2. The first kappa shape index (κ1) is 18.5. The van der Waals surface area contributed by atoms with Crippen molar-refractivity contribution in [2.24, 2.45) is 0 Å². The molecule has 1 heterocycles. The molecule has 2 aromatic rings. The second kappa shape index (κ2) is 8.92. The Kier molecular flexibility index (Phi) is 6.36. The third-order valence-corrected chi connectivity index (χ3v) is 4.78. The number of halogens is 1. The Bertz CT molecular complexity index is 711. The van der Waals surface area contributed by atoms with Gasteiger partial charge in [0, 0.05) is 29.8 Å². The molecule has 6 heteroatoms. The van der Waals surface area contributed by atoms with Crippen LogP contribution in [-0.2, 0) is 11.4 Å². The third-order valence-electron chi connectivity index (χ3n) is 4.53. The molecule has 1 saturated heterocycles. The van der Waals surface area contributed by atoms with E-state index in [2.05, 4.69) is 5.32 Å². The second-order valence-electron chi connectivity index (χ2n) is 6.40. The zero-order chi connectivity index (χ0) is 18.4. The molecular formula is C20H23ClN2O3.